The highest BCUT2D eigenvalue weighted by atomic mass is 16.5. The van der Waals surface area contributed by atoms with Crippen molar-refractivity contribution in [3.8, 4) is 17.2 Å². The molecule has 0 aliphatic heterocycles. The number of nitrogens with zero attached hydrogens (tertiary/aromatic N) is 2. The zero-order valence-corrected chi connectivity index (χ0v) is 13.2. The molecule has 1 fully saturated rings. The van der Waals surface area contributed by atoms with Crippen LogP contribution in [0.4, 0.5) is 0 Å². The zero-order chi connectivity index (χ0) is 16.1. The van der Waals surface area contributed by atoms with E-state index in [4.69, 9.17) is 9.15 Å². The summed E-state index contributed by atoms with van der Waals surface area (Å²) in [4.78, 5) is 11.9. The molecule has 6 heteroatoms. The number of ether oxygens (including phenoxy) is 1. The number of benzene rings is 1. The van der Waals surface area contributed by atoms with Gasteiger partial charge in [-0.15, -0.1) is 10.2 Å². The fourth-order valence-corrected chi connectivity index (χ4v) is 2.88. The van der Waals surface area contributed by atoms with E-state index in [0.717, 1.165) is 18.4 Å². The summed E-state index contributed by atoms with van der Waals surface area (Å²) in [5, 5.41) is 11.1. The average Bonchev–Trinajstić information content (AvgIpc) is 3.24. The van der Waals surface area contributed by atoms with E-state index in [-0.39, 0.29) is 5.91 Å². The van der Waals surface area contributed by atoms with Crippen molar-refractivity contribution in [2.24, 2.45) is 0 Å². The van der Waals surface area contributed by atoms with Crippen LogP contribution in [-0.2, 0) is 11.2 Å². The van der Waals surface area contributed by atoms with Crippen LogP contribution in [0.1, 0.15) is 38.0 Å². The Labute approximate surface area is 135 Å². The van der Waals surface area contributed by atoms with Gasteiger partial charge < -0.3 is 14.5 Å². The smallest absolute Gasteiger partial charge is 0.251 e. The molecule has 122 valence electrons. The van der Waals surface area contributed by atoms with Crippen LogP contribution < -0.4 is 10.1 Å². The molecule has 0 saturated heterocycles. The number of methoxy groups -OCH3 is 1. The van der Waals surface area contributed by atoms with E-state index in [1.807, 2.05) is 24.3 Å². The highest BCUT2D eigenvalue weighted by Crippen LogP contribution is 2.28. The third-order valence-corrected chi connectivity index (χ3v) is 4.09. The van der Waals surface area contributed by atoms with Crippen molar-refractivity contribution in [3.05, 3.63) is 30.2 Å². The standard InChI is InChI=1S/C17H21N3O3/c1-22-14-9-5-4-8-13(14)17-20-19-16(23-17)11-10-15(21)18-12-6-2-3-7-12/h4-5,8-9,12H,2-3,6-7,10-11H2,1H3,(H,18,21). The highest BCUT2D eigenvalue weighted by Gasteiger charge is 2.18. The number of carbonyl (C=O) groups excluding carboxylic acids is 1. The molecule has 1 N–H and O–H groups in total. The van der Waals surface area contributed by atoms with Gasteiger partial charge in [0, 0.05) is 18.9 Å². The average molecular weight is 315 g/mol. The predicted octanol–water partition coefficient (Wildman–Crippen LogP) is 2.74. The van der Waals surface area contributed by atoms with Crippen molar-refractivity contribution in [2.45, 2.75) is 44.6 Å². The third kappa shape index (κ3) is 3.88. The first-order valence-corrected chi connectivity index (χ1v) is 8.01. The maximum atomic E-state index is 11.9. The molecule has 0 atom stereocenters. The molecule has 2 aromatic rings. The SMILES string of the molecule is COc1ccccc1-c1nnc(CCC(=O)NC2CCCC2)o1. The van der Waals surface area contributed by atoms with Gasteiger partial charge in [0.1, 0.15) is 5.75 Å². The van der Waals surface area contributed by atoms with Crippen molar-refractivity contribution in [2.75, 3.05) is 7.11 Å². The van der Waals surface area contributed by atoms with Crippen LogP contribution >= 0.6 is 0 Å². The molecular weight excluding hydrogens is 294 g/mol. The van der Waals surface area contributed by atoms with Crippen LogP contribution in [0, 0.1) is 0 Å². The first-order valence-electron chi connectivity index (χ1n) is 8.01. The van der Waals surface area contributed by atoms with Gasteiger partial charge in [0.2, 0.25) is 11.8 Å². The van der Waals surface area contributed by atoms with Crippen LogP contribution in [-0.4, -0.2) is 29.3 Å². The van der Waals surface area contributed by atoms with Crippen molar-refractivity contribution in [1.29, 1.82) is 0 Å². The number of hydrogen-bond donors (Lipinski definition) is 1. The second kappa shape index (κ2) is 7.26. The summed E-state index contributed by atoms with van der Waals surface area (Å²) in [6.45, 7) is 0. The summed E-state index contributed by atoms with van der Waals surface area (Å²) >= 11 is 0. The lowest BCUT2D eigenvalue weighted by atomic mass is 10.2. The van der Waals surface area contributed by atoms with E-state index in [1.165, 1.54) is 12.8 Å². The topological polar surface area (TPSA) is 77.2 Å². The molecule has 3 rings (SSSR count). The lowest BCUT2D eigenvalue weighted by molar-refractivity contribution is -0.121. The Morgan fingerprint density at radius 2 is 2.09 bits per heavy atom. The molecule has 1 aromatic heterocycles. The Bertz CT molecular complexity index is 663. The molecule has 1 amide bonds. The number of hydrogen-bond acceptors (Lipinski definition) is 5. The van der Waals surface area contributed by atoms with Gasteiger partial charge in [0.05, 0.1) is 12.7 Å². The van der Waals surface area contributed by atoms with E-state index < -0.39 is 0 Å². The fraction of sp³-hybridized carbons (Fsp3) is 0.471. The van der Waals surface area contributed by atoms with Crippen LogP contribution in [0.15, 0.2) is 28.7 Å². The van der Waals surface area contributed by atoms with E-state index in [2.05, 4.69) is 15.5 Å². The minimum atomic E-state index is 0.0499. The van der Waals surface area contributed by atoms with Crippen LogP contribution in [0.25, 0.3) is 11.5 Å². The van der Waals surface area contributed by atoms with E-state index >= 15 is 0 Å². The van der Waals surface area contributed by atoms with Gasteiger partial charge in [-0.05, 0) is 25.0 Å². The molecule has 1 aliphatic rings. The van der Waals surface area contributed by atoms with E-state index in [0.29, 0.717) is 36.4 Å². The summed E-state index contributed by atoms with van der Waals surface area (Å²) in [6, 6.07) is 7.82. The summed E-state index contributed by atoms with van der Waals surface area (Å²) in [6.07, 6.45) is 5.40. The molecule has 0 radical (unpaired) electrons. The molecule has 1 saturated carbocycles. The zero-order valence-electron chi connectivity index (χ0n) is 13.2. The number of aryl methyl sites for hydroxylation is 1. The van der Waals surface area contributed by atoms with Crippen molar-refractivity contribution >= 4 is 5.91 Å². The Morgan fingerprint density at radius 1 is 1.30 bits per heavy atom. The Kier molecular flexibility index (Phi) is 4.90. The van der Waals surface area contributed by atoms with Crippen molar-refractivity contribution in [1.82, 2.24) is 15.5 Å². The van der Waals surface area contributed by atoms with Gasteiger partial charge in [-0.3, -0.25) is 4.79 Å². The van der Waals surface area contributed by atoms with Gasteiger partial charge >= 0.3 is 0 Å². The molecule has 0 spiro atoms. The van der Waals surface area contributed by atoms with E-state index in [9.17, 15) is 4.79 Å². The number of carbonyl (C=O) groups is 1. The molecule has 1 aliphatic carbocycles. The second-order valence-electron chi connectivity index (χ2n) is 5.75. The number of rotatable bonds is 6. The summed E-state index contributed by atoms with van der Waals surface area (Å²) in [5.41, 5.74) is 0.754. The van der Waals surface area contributed by atoms with Gasteiger partial charge in [-0.25, -0.2) is 0 Å². The largest absolute Gasteiger partial charge is 0.496 e. The number of nitrogens with one attached hydrogen (secondary N) is 1. The van der Waals surface area contributed by atoms with Crippen LogP contribution in [0.5, 0.6) is 5.75 Å². The molecule has 1 heterocycles. The van der Waals surface area contributed by atoms with Gasteiger partial charge in [-0.2, -0.15) is 0 Å². The van der Waals surface area contributed by atoms with Gasteiger partial charge in [-0.1, -0.05) is 25.0 Å². The molecule has 0 unspecified atom stereocenters. The maximum Gasteiger partial charge on any atom is 0.251 e. The monoisotopic (exact) mass is 315 g/mol. The van der Waals surface area contributed by atoms with Crippen LogP contribution in [0.3, 0.4) is 0 Å². The normalized spacial score (nSPS) is 14.8. The summed E-state index contributed by atoms with van der Waals surface area (Å²) in [5.74, 6) is 1.61. The fourth-order valence-electron chi connectivity index (χ4n) is 2.88. The van der Waals surface area contributed by atoms with Gasteiger partial charge in [0.25, 0.3) is 5.89 Å². The van der Waals surface area contributed by atoms with Crippen molar-refractivity contribution in [3.63, 3.8) is 0 Å². The van der Waals surface area contributed by atoms with Crippen LogP contribution in [0.2, 0.25) is 0 Å². The molecule has 0 bridgehead atoms. The van der Waals surface area contributed by atoms with E-state index in [1.54, 1.807) is 7.11 Å². The Balaban J connectivity index is 1.58. The highest BCUT2D eigenvalue weighted by molar-refractivity contribution is 5.76. The minimum absolute atomic E-state index is 0.0499. The Morgan fingerprint density at radius 3 is 2.87 bits per heavy atom. The molecule has 6 nitrogen and oxygen atoms in total. The molecule has 23 heavy (non-hydrogen) atoms. The predicted molar refractivity (Wildman–Crippen MR) is 85.0 cm³/mol. The quantitative estimate of drug-likeness (QED) is 0.887. The number of para-hydroxylation sites is 1. The maximum absolute atomic E-state index is 11.9. The van der Waals surface area contributed by atoms with Gasteiger partial charge in [0.15, 0.2) is 0 Å². The molecule has 1 aromatic carbocycles. The lowest BCUT2D eigenvalue weighted by Crippen LogP contribution is -2.32. The first-order chi connectivity index (χ1) is 11.3. The Hall–Kier alpha value is -2.37. The summed E-state index contributed by atoms with van der Waals surface area (Å²) in [7, 11) is 1.60. The second-order valence-corrected chi connectivity index (χ2v) is 5.75. The van der Waals surface area contributed by atoms with Crippen molar-refractivity contribution < 1.29 is 13.9 Å². The third-order valence-electron chi connectivity index (χ3n) is 4.09. The first kappa shape index (κ1) is 15.5. The number of amides is 1. The minimum Gasteiger partial charge on any atom is -0.496 e. The number of aromatic nitrogens is 2. The summed E-state index contributed by atoms with van der Waals surface area (Å²) < 4.78 is 10.9. The molecular formula is C17H21N3O3. The lowest BCUT2D eigenvalue weighted by Gasteiger charge is -2.10.